The molecule has 0 spiro atoms. The molecular formula is C22H22F8N4O4. The molecule has 0 radical (unpaired) electrons. The summed E-state index contributed by atoms with van der Waals surface area (Å²) in [5, 5.41) is 2.95. The van der Waals surface area contributed by atoms with Gasteiger partial charge in [0, 0.05) is 26.2 Å². The molecule has 0 aromatic heterocycles. The fraction of sp³-hybridized carbons (Fsp3) is 0.364. The second-order valence-corrected chi connectivity index (χ2v) is 7.68. The number of nitrogens with two attached hydrogens (primary N) is 2. The lowest BCUT2D eigenvalue weighted by molar-refractivity contribution is -0.499. The van der Waals surface area contributed by atoms with E-state index in [9.17, 15) is 44.7 Å². The molecule has 16 heteroatoms. The summed E-state index contributed by atoms with van der Waals surface area (Å²) >= 11 is 0. The molecule has 2 amide bonds. The minimum atomic E-state index is -6.49. The van der Waals surface area contributed by atoms with Crippen molar-refractivity contribution in [3.8, 4) is 0 Å². The fourth-order valence-corrected chi connectivity index (χ4v) is 2.69. The second-order valence-electron chi connectivity index (χ2n) is 7.68. The third-order valence-corrected chi connectivity index (χ3v) is 4.80. The molecule has 0 bridgehead atoms. The van der Waals surface area contributed by atoms with Gasteiger partial charge in [0.05, 0.1) is 0 Å². The number of carbonyl (C=O) groups is 2. The summed E-state index contributed by atoms with van der Waals surface area (Å²) in [5.41, 5.74) is 12.4. The Morgan fingerprint density at radius 3 is 1.11 bits per heavy atom. The molecule has 0 aliphatic heterocycles. The monoisotopic (exact) mass is 558 g/mol. The van der Waals surface area contributed by atoms with Gasteiger partial charge in [0.2, 0.25) is 0 Å². The number of nitrogens with one attached hydrogen (secondary N) is 2. The van der Waals surface area contributed by atoms with Crippen LogP contribution in [-0.2, 0) is 45.2 Å². The molecule has 0 heterocycles. The number of alkyl halides is 8. The summed E-state index contributed by atoms with van der Waals surface area (Å²) in [4.78, 5) is 23.2. The Morgan fingerprint density at radius 1 is 0.579 bits per heavy atom. The van der Waals surface area contributed by atoms with Crippen molar-refractivity contribution >= 4 is 11.8 Å². The number of carbonyl (C=O) groups excluding carboxylic acids is 2. The van der Waals surface area contributed by atoms with Gasteiger partial charge in [-0.2, -0.15) is 35.1 Å². The number of benzene rings is 2. The first kappa shape index (κ1) is 30.9. The summed E-state index contributed by atoms with van der Waals surface area (Å²) in [5.74, 6) is -5.16. The van der Waals surface area contributed by atoms with Crippen molar-refractivity contribution in [2.24, 2.45) is 11.5 Å². The number of halogens is 8. The van der Waals surface area contributed by atoms with E-state index in [2.05, 4.69) is 9.47 Å². The first-order valence-corrected chi connectivity index (χ1v) is 10.6. The van der Waals surface area contributed by atoms with Crippen LogP contribution in [0.1, 0.15) is 22.3 Å². The summed E-state index contributed by atoms with van der Waals surface area (Å²) in [6.45, 7) is -1.02. The third kappa shape index (κ3) is 8.08. The van der Waals surface area contributed by atoms with Crippen molar-refractivity contribution in [1.29, 1.82) is 0 Å². The highest BCUT2D eigenvalue weighted by atomic mass is 19.3. The molecule has 6 N–H and O–H groups in total. The van der Waals surface area contributed by atoms with E-state index in [1.54, 1.807) is 0 Å². The van der Waals surface area contributed by atoms with Crippen molar-refractivity contribution in [2.45, 2.75) is 50.6 Å². The molecule has 0 aliphatic carbocycles. The zero-order valence-corrected chi connectivity index (χ0v) is 19.3. The van der Waals surface area contributed by atoms with Gasteiger partial charge >= 0.3 is 36.2 Å². The topological polar surface area (TPSA) is 129 Å². The van der Waals surface area contributed by atoms with Crippen LogP contribution in [-0.4, -0.2) is 36.2 Å². The van der Waals surface area contributed by atoms with Gasteiger partial charge in [0.1, 0.15) is 0 Å². The zero-order valence-electron chi connectivity index (χ0n) is 19.3. The Kier molecular flexibility index (Phi) is 9.77. The van der Waals surface area contributed by atoms with Crippen molar-refractivity contribution in [3.63, 3.8) is 0 Å². The van der Waals surface area contributed by atoms with Gasteiger partial charge in [-0.3, -0.25) is 9.59 Å². The van der Waals surface area contributed by atoms with E-state index < -0.39 is 49.3 Å². The van der Waals surface area contributed by atoms with E-state index >= 15 is 0 Å². The van der Waals surface area contributed by atoms with Crippen LogP contribution in [0.3, 0.4) is 0 Å². The van der Waals surface area contributed by atoms with Gasteiger partial charge in [-0.05, 0) is 22.3 Å². The minimum absolute atomic E-state index is 0.146. The lowest BCUT2D eigenvalue weighted by Crippen LogP contribution is -2.56. The first-order valence-electron chi connectivity index (χ1n) is 10.6. The maximum absolute atomic E-state index is 13.8. The van der Waals surface area contributed by atoms with Crippen molar-refractivity contribution in [1.82, 2.24) is 10.6 Å². The molecule has 0 fully saturated rings. The highest BCUT2D eigenvalue weighted by molar-refractivity contribution is 5.82. The van der Waals surface area contributed by atoms with Gasteiger partial charge < -0.3 is 22.1 Å². The Hall–Kier alpha value is -3.34. The normalized spacial score (nSPS) is 12.8. The predicted molar refractivity (Wildman–Crippen MR) is 114 cm³/mol. The quantitative estimate of drug-likeness (QED) is 0.280. The molecule has 8 nitrogen and oxygen atoms in total. The number of ether oxygens (including phenoxy) is 2. The average molecular weight is 558 g/mol. The average Bonchev–Trinajstić information content (AvgIpc) is 2.85. The van der Waals surface area contributed by atoms with Crippen LogP contribution in [0.5, 0.6) is 0 Å². The van der Waals surface area contributed by atoms with Crippen LogP contribution in [0, 0.1) is 0 Å². The second kappa shape index (κ2) is 12.0. The van der Waals surface area contributed by atoms with Crippen LogP contribution >= 0.6 is 0 Å². The summed E-state index contributed by atoms with van der Waals surface area (Å²) in [7, 11) is 0. The van der Waals surface area contributed by atoms with E-state index in [4.69, 9.17) is 11.5 Å². The number of hydrogen-bond acceptors (Lipinski definition) is 6. The Labute approximate surface area is 210 Å². The summed E-state index contributed by atoms with van der Waals surface area (Å²) < 4.78 is 116. The molecule has 0 atom stereocenters. The molecule has 0 aliphatic rings. The van der Waals surface area contributed by atoms with Gasteiger partial charge in [0.25, 0.3) is 0 Å². The van der Waals surface area contributed by atoms with Gasteiger partial charge in [-0.1, -0.05) is 48.5 Å². The lowest BCUT2D eigenvalue weighted by atomic mass is 10.1. The molecule has 0 unspecified atom stereocenters. The van der Waals surface area contributed by atoms with Gasteiger partial charge in [-0.15, -0.1) is 0 Å². The number of rotatable bonds is 13. The van der Waals surface area contributed by atoms with Crippen LogP contribution in [0.25, 0.3) is 0 Å². The fourth-order valence-electron chi connectivity index (χ4n) is 2.69. The molecule has 0 saturated heterocycles. The highest BCUT2D eigenvalue weighted by Gasteiger charge is 2.69. The SMILES string of the molecule is NCc1ccc(CNC(=O)C(F)(F)OC(F)(F)C(F)(F)OC(F)(F)C(=O)NCc2ccc(CN)cc2)cc1. The largest absolute Gasteiger partial charge is 0.453 e. The number of hydrogen-bond donors (Lipinski definition) is 4. The minimum Gasteiger partial charge on any atom is -0.344 e. The Balaban J connectivity index is 1.99. The first-order chi connectivity index (χ1) is 17.5. The Bertz CT molecular complexity index is 1010. The van der Waals surface area contributed by atoms with Gasteiger partial charge in [0.15, 0.2) is 0 Å². The summed E-state index contributed by atoms with van der Waals surface area (Å²) in [6, 6.07) is 11.3. The van der Waals surface area contributed by atoms with E-state index in [1.807, 2.05) is 0 Å². The third-order valence-electron chi connectivity index (χ3n) is 4.80. The Morgan fingerprint density at radius 2 is 0.842 bits per heavy atom. The summed E-state index contributed by atoms with van der Waals surface area (Å²) in [6.07, 6.45) is -24.2. The predicted octanol–water partition coefficient (Wildman–Crippen LogP) is 2.94. The van der Waals surface area contributed by atoms with Crippen LogP contribution in [0.2, 0.25) is 0 Å². The van der Waals surface area contributed by atoms with Crippen molar-refractivity contribution < 1.29 is 54.2 Å². The van der Waals surface area contributed by atoms with Crippen LogP contribution in [0.15, 0.2) is 48.5 Å². The van der Waals surface area contributed by atoms with E-state index in [-0.39, 0.29) is 24.2 Å². The van der Waals surface area contributed by atoms with E-state index in [0.29, 0.717) is 11.1 Å². The maximum atomic E-state index is 13.8. The highest BCUT2D eigenvalue weighted by Crippen LogP contribution is 2.43. The molecule has 2 aromatic rings. The van der Waals surface area contributed by atoms with E-state index in [1.165, 1.54) is 59.2 Å². The molecular weight excluding hydrogens is 536 g/mol. The molecule has 0 saturated carbocycles. The standard InChI is InChI=1S/C22H22F8N4O4/c23-19(24,17(35)33-11-15-5-1-13(9-31)2-6-15)37-21(27,28)22(29,30)38-20(25,26)18(36)34-12-16-7-3-14(10-32)4-8-16/h1-8H,9-12,31-32H2,(H,33,35)(H,34,36). The van der Waals surface area contributed by atoms with Crippen molar-refractivity contribution in [3.05, 3.63) is 70.8 Å². The molecule has 38 heavy (non-hydrogen) atoms. The van der Waals surface area contributed by atoms with Crippen LogP contribution in [0.4, 0.5) is 35.1 Å². The molecule has 2 aromatic carbocycles. The van der Waals surface area contributed by atoms with Crippen molar-refractivity contribution in [2.75, 3.05) is 0 Å². The zero-order chi connectivity index (χ0) is 28.8. The van der Waals surface area contributed by atoms with E-state index in [0.717, 1.165) is 0 Å². The van der Waals surface area contributed by atoms with Crippen LogP contribution < -0.4 is 22.1 Å². The maximum Gasteiger partial charge on any atom is 0.453 e. The van der Waals surface area contributed by atoms with Gasteiger partial charge in [-0.25, -0.2) is 9.47 Å². The smallest absolute Gasteiger partial charge is 0.344 e. The molecule has 2 rings (SSSR count). The molecule has 210 valence electrons. The number of amides is 2. The lowest BCUT2D eigenvalue weighted by Gasteiger charge is -2.30.